The first kappa shape index (κ1) is 23.3. The molecule has 2 atom stereocenters. The Morgan fingerprint density at radius 2 is 2.06 bits per heavy atom. The Bertz CT molecular complexity index is 1290. The van der Waals surface area contributed by atoms with Gasteiger partial charge in [0.25, 0.3) is 5.91 Å². The molecule has 8 nitrogen and oxygen atoms in total. The molecule has 2 aromatic heterocycles. The monoisotopic (exact) mass is 479 g/mol. The lowest BCUT2D eigenvalue weighted by atomic mass is 10.1. The summed E-state index contributed by atoms with van der Waals surface area (Å²) in [5, 5.41) is 3.09. The van der Waals surface area contributed by atoms with Crippen LogP contribution in [0.1, 0.15) is 49.2 Å². The van der Waals surface area contributed by atoms with E-state index in [2.05, 4.69) is 20.3 Å². The zero-order valence-corrected chi connectivity index (χ0v) is 20.2. The number of likely N-dealkylation sites (tertiary alicyclic amines) is 1. The minimum atomic E-state index is -0.395. The molecular weight excluding hydrogens is 449 g/mol. The van der Waals surface area contributed by atoms with Crippen LogP contribution in [0.2, 0.25) is 0 Å². The van der Waals surface area contributed by atoms with Gasteiger partial charge in [-0.1, -0.05) is 13.8 Å². The molecule has 1 saturated heterocycles. The highest BCUT2D eigenvalue weighted by atomic mass is 19.1. The topological polar surface area (TPSA) is 100 Å². The fraction of sp³-hybridized carbons (Fsp3) is 0.462. The lowest BCUT2D eigenvalue weighted by molar-refractivity contribution is -0.129. The summed E-state index contributed by atoms with van der Waals surface area (Å²) in [5.74, 6) is 0.672. The summed E-state index contributed by atoms with van der Waals surface area (Å²) in [7, 11) is 0. The highest BCUT2D eigenvalue weighted by Gasteiger charge is 2.34. The van der Waals surface area contributed by atoms with Crippen LogP contribution in [-0.2, 0) is 4.79 Å². The number of aromatic nitrogens is 3. The van der Waals surface area contributed by atoms with Gasteiger partial charge < -0.3 is 19.9 Å². The zero-order valence-electron chi connectivity index (χ0n) is 20.2. The van der Waals surface area contributed by atoms with Crippen LogP contribution in [0.15, 0.2) is 24.5 Å². The predicted molar refractivity (Wildman–Crippen MR) is 130 cm³/mol. The Morgan fingerprint density at radius 1 is 1.26 bits per heavy atom. The molecule has 1 aromatic carbocycles. The van der Waals surface area contributed by atoms with E-state index in [0.717, 1.165) is 12.8 Å². The third-order valence-corrected chi connectivity index (χ3v) is 6.95. The summed E-state index contributed by atoms with van der Waals surface area (Å²) in [4.78, 5) is 39.3. The van der Waals surface area contributed by atoms with Gasteiger partial charge in [0, 0.05) is 30.8 Å². The summed E-state index contributed by atoms with van der Waals surface area (Å²) >= 11 is 0. The number of halogens is 1. The number of hydrogen-bond acceptors (Lipinski definition) is 5. The summed E-state index contributed by atoms with van der Waals surface area (Å²) in [6.07, 6.45) is 4.12. The van der Waals surface area contributed by atoms with Crippen molar-refractivity contribution in [1.29, 1.82) is 0 Å². The molecular formula is C26H30FN5O3. The van der Waals surface area contributed by atoms with Gasteiger partial charge in [-0.25, -0.2) is 14.4 Å². The molecule has 9 heteroatoms. The summed E-state index contributed by atoms with van der Waals surface area (Å²) in [5.41, 5.74) is 3.09. The highest BCUT2D eigenvalue weighted by molar-refractivity contribution is 6.09. The zero-order chi connectivity index (χ0) is 24.7. The molecule has 2 amide bonds. The molecule has 0 bridgehead atoms. The maximum atomic E-state index is 14.2. The van der Waals surface area contributed by atoms with Gasteiger partial charge in [-0.15, -0.1) is 0 Å². The van der Waals surface area contributed by atoms with Crippen LogP contribution in [0.4, 0.5) is 4.39 Å². The number of carbonyl (C=O) groups is 2. The van der Waals surface area contributed by atoms with Crippen molar-refractivity contribution in [3.8, 4) is 17.0 Å². The number of aryl methyl sites for hydroxylation is 1. The fourth-order valence-electron chi connectivity index (χ4n) is 4.73. The van der Waals surface area contributed by atoms with Gasteiger partial charge in [-0.05, 0) is 49.8 Å². The smallest absolute Gasteiger partial charge is 0.255 e. The van der Waals surface area contributed by atoms with E-state index < -0.39 is 5.82 Å². The van der Waals surface area contributed by atoms with Crippen molar-refractivity contribution >= 4 is 22.8 Å². The molecule has 2 N–H and O–H groups in total. The first-order valence-corrected chi connectivity index (χ1v) is 12.2. The molecule has 2 fully saturated rings. The number of carbonyl (C=O) groups excluding carboxylic acids is 2. The molecule has 35 heavy (non-hydrogen) atoms. The van der Waals surface area contributed by atoms with Crippen molar-refractivity contribution in [2.75, 3.05) is 19.7 Å². The minimum Gasteiger partial charge on any atom is -0.493 e. The maximum Gasteiger partial charge on any atom is 0.255 e. The molecule has 184 valence electrons. The Kier molecular flexibility index (Phi) is 6.17. The molecule has 0 unspecified atom stereocenters. The lowest BCUT2D eigenvalue weighted by Crippen LogP contribution is -2.40. The second kappa shape index (κ2) is 9.28. The van der Waals surface area contributed by atoms with Gasteiger partial charge in [-0.2, -0.15) is 0 Å². The van der Waals surface area contributed by atoms with Crippen molar-refractivity contribution in [3.05, 3.63) is 41.6 Å². The highest BCUT2D eigenvalue weighted by Crippen LogP contribution is 2.37. The van der Waals surface area contributed by atoms with E-state index >= 15 is 0 Å². The van der Waals surface area contributed by atoms with Crippen molar-refractivity contribution in [2.24, 2.45) is 11.8 Å². The van der Waals surface area contributed by atoms with E-state index in [1.807, 2.05) is 13.8 Å². The molecule has 1 aliphatic carbocycles. The number of fused-ring (bicyclic) bond motifs is 1. The van der Waals surface area contributed by atoms with E-state index in [1.54, 1.807) is 17.9 Å². The maximum absolute atomic E-state index is 14.2. The van der Waals surface area contributed by atoms with Crippen LogP contribution in [0.5, 0.6) is 5.75 Å². The summed E-state index contributed by atoms with van der Waals surface area (Å²) < 4.78 is 20.2. The van der Waals surface area contributed by atoms with Gasteiger partial charge in [-0.3, -0.25) is 9.59 Å². The van der Waals surface area contributed by atoms with Gasteiger partial charge >= 0.3 is 0 Å². The van der Waals surface area contributed by atoms with Crippen LogP contribution in [-0.4, -0.2) is 57.4 Å². The Labute approximate surface area is 203 Å². The van der Waals surface area contributed by atoms with Gasteiger partial charge in [0.15, 0.2) is 0 Å². The summed E-state index contributed by atoms with van der Waals surface area (Å²) in [6, 6.07) is 4.25. The number of hydrogen-bond donors (Lipinski definition) is 2. The van der Waals surface area contributed by atoms with Crippen LogP contribution < -0.4 is 10.1 Å². The first-order chi connectivity index (χ1) is 16.9. The average Bonchev–Trinajstić information content (AvgIpc) is 3.51. The number of nitrogens with one attached hydrogen (secondary N) is 2. The number of ether oxygens (including phenoxy) is 1. The predicted octanol–water partition coefficient (Wildman–Crippen LogP) is 3.85. The quantitative estimate of drug-likeness (QED) is 0.536. The Morgan fingerprint density at radius 3 is 2.80 bits per heavy atom. The van der Waals surface area contributed by atoms with Crippen molar-refractivity contribution in [3.63, 3.8) is 0 Å². The van der Waals surface area contributed by atoms with Gasteiger partial charge in [0.2, 0.25) is 5.91 Å². The molecule has 3 heterocycles. The standard InChI is InChI=1S/C26H30FN5O3/c1-4-21(33)32-10-14(2)19(11-32)31-26(34)22-15(3)30-25-23(28-13-29-24(22)25)18-9-17(27)7-8-20(18)35-12-16-5-6-16/h7-9,13-14,16,19,30H,4-6,10-12H2,1-3H3,(H,31,34)/t14-,19+/m0/s1. The normalized spacial score (nSPS) is 19.8. The largest absolute Gasteiger partial charge is 0.493 e. The minimum absolute atomic E-state index is 0.0871. The SMILES string of the molecule is CCC(=O)N1C[C@H](C)[C@H](NC(=O)c2c(C)[nH]c3c(-c4cc(F)ccc4OCC4CC4)ncnc23)C1. The van der Waals surface area contributed by atoms with E-state index in [1.165, 1.54) is 18.5 Å². The van der Waals surface area contributed by atoms with E-state index in [9.17, 15) is 14.0 Å². The third-order valence-electron chi connectivity index (χ3n) is 6.95. The lowest BCUT2D eigenvalue weighted by Gasteiger charge is -2.17. The number of benzene rings is 1. The Hall–Kier alpha value is -3.49. The van der Waals surface area contributed by atoms with Crippen molar-refractivity contribution < 1.29 is 18.7 Å². The second-order valence-electron chi connectivity index (χ2n) is 9.68. The van der Waals surface area contributed by atoms with E-state index in [4.69, 9.17) is 4.74 Å². The van der Waals surface area contributed by atoms with Crippen LogP contribution >= 0.6 is 0 Å². The van der Waals surface area contributed by atoms with Crippen LogP contribution in [0.25, 0.3) is 22.3 Å². The fourth-order valence-corrected chi connectivity index (χ4v) is 4.73. The van der Waals surface area contributed by atoms with E-state index in [0.29, 0.717) is 71.3 Å². The molecule has 0 radical (unpaired) electrons. The number of H-pyrrole nitrogens is 1. The number of rotatable bonds is 7. The molecule has 3 aromatic rings. The molecule has 2 aliphatic rings. The van der Waals surface area contributed by atoms with Gasteiger partial charge in [0.05, 0.1) is 23.7 Å². The molecule has 0 spiro atoms. The average molecular weight is 480 g/mol. The number of amides is 2. The summed E-state index contributed by atoms with van der Waals surface area (Å²) in [6.45, 7) is 7.38. The molecule has 1 aliphatic heterocycles. The number of nitrogens with zero attached hydrogens (tertiary/aromatic N) is 3. The third kappa shape index (κ3) is 4.59. The Balaban J connectivity index is 1.46. The number of aromatic amines is 1. The van der Waals surface area contributed by atoms with Crippen molar-refractivity contribution in [1.82, 2.24) is 25.2 Å². The molecule has 5 rings (SSSR count). The first-order valence-electron chi connectivity index (χ1n) is 12.2. The van der Waals surface area contributed by atoms with Crippen molar-refractivity contribution in [2.45, 2.75) is 46.1 Å². The molecule has 1 saturated carbocycles. The van der Waals surface area contributed by atoms with Crippen LogP contribution in [0, 0.1) is 24.6 Å². The van der Waals surface area contributed by atoms with Crippen LogP contribution in [0.3, 0.4) is 0 Å². The van der Waals surface area contributed by atoms with E-state index in [-0.39, 0.29) is 23.8 Å². The van der Waals surface area contributed by atoms with Gasteiger partial charge in [0.1, 0.15) is 29.1 Å². The second-order valence-corrected chi connectivity index (χ2v) is 9.68.